The zero-order chi connectivity index (χ0) is 32.5. The molecule has 46 heavy (non-hydrogen) atoms. The van der Waals surface area contributed by atoms with Gasteiger partial charge in [0.1, 0.15) is 11.5 Å². The van der Waals surface area contributed by atoms with Crippen molar-refractivity contribution in [3.8, 4) is 11.5 Å². The van der Waals surface area contributed by atoms with Crippen LogP contribution in [0.2, 0.25) is 0 Å². The Bertz CT molecular complexity index is 1380. The van der Waals surface area contributed by atoms with Crippen LogP contribution in [0.4, 0.5) is 0 Å². The average Bonchev–Trinajstić information content (AvgIpc) is 3.08. The van der Waals surface area contributed by atoms with Crippen molar-refractivity contribution < 1.29 is 29.3 Å². The summed E-state index contributed by atoms with van der Waals surface area (Å²) < 4.78 is 12.1. The first-order valence-corrected chi connectivity index (χ1v) is 16.6. The van der Waals surface area contributed by atoms with Crippen molar-refractivity contribution in [1.82, 2.24) is 0 Å². The first-order chi connectivity index (χ1) is 22.3. The normalized spacial score (nSPS) is 21.2. The van der Waals surface area contributed by atoms with Gasteiger partial charge in [-0.1, -0.05) is 49.6 Å². The predicted octanol–water partition coefficient (Wildman–Crippen LogP) is 9.22. The molecule has 2 fully saturated rings. The topological polar surface area (TPSA) is 93.1 Å². The highest BCUT2D eigenvalue weighted by atomic mass is 16.5. The Balaban J connectivity index is 1.19. The van der Waals surface area contributed by atoms with Crippen molar-refractivity contribution in [2.75, 3.05) is 13.2 Å². The molecule has 0 atom stereocenters. The molecule has 2 aliphatic carbocycles. The van der Waals surface area contributed by atoms with Crippen LogP contribution in [0.5, 0.6) is 11.5 Å². The molecule has 242 valence electrons. The maximum Gasteiger partial charge on any atom is 0.335 e. The smallest absolute Gasteiger partial charge is 0.335 e. The molecule has 0 aromatic heterocycles. The van der Waals surface area contributed by atoms with Crippen molar-refractivity contribution in [3.63, 3.8) is 0 Å². The highest BCUT2D eigenvalue weighted by molar-refractivity contribution is 5.95. The molecule has 0 heterocycles. The van der Waals surface area contributed by atoms with E-state index in [9.17, 15) is 19.8 Å². The second-order valence-corrected chi connectivity index (χ2v) is 13.1. The Kier molecular flexibility index (Phi) is 11.4. The summed E-state index contributed by atoms with van der Waals surface area (Å²) >= 11 is 0. The number of hydrogen-bond acceptors (Lipinski definition) is 4. The van der Waals surface area contributed by atoms with E-state index in [-0.39, 0.29) is 11.1 Å². The number of benzene rings is 3. The first-order valence-electron chi connectivity index (χ1n) is 16.6. The van der Waals surface area contributed by atoms with Crippen molar-refractivity contribution >= 4 is 24.1 Å². The van der Waals surface area contributed by atoms with Crippen molar-refractivity contribution in [1.29, 1.82) is 0 Å². The number of ether oxygens (including phenoxy) is 2. The summed E-state index contributed by atoms with van der Waals surface area (Å²) in [6.45, 7) is 8.91. The van der Waals surface area contributed by atoms with Gasteiger partial charge in [0.25, 0.3) is 0 Å². The number of carboxylic acid groups (broad SMARTS) is 2. The molecule has 0 amide bonds. The Morgan fingerprint density at radius 1 is 0.565 bits per heavy atom. The van der Waals surface area contributed by atoms with E-state index in [1.807, 2.05) is 60.7 Å². The van der Waals surface area contributed by atoms with Crippen LogP contribution in [-0.4, -0.2) is 35.4 Å². The lowest BCUT2D eigenvalue weighted by Crippen LogP contribution is -2.24. The molecule has 2 aliphatic rings. The first kappa shape index (κ1) is 33.1. The number of carbonyl (C=O) groups is 2. The molecule has 3 aromatic rings. The molecule has 6 nitrogen and oxygen atoms in total. The Morgan fingerprint density at radius 2 is 0.891 bits per heavy atom. The number of aromatic carboxylic acids is 2. The molecule has 3 aromatic carbocycles. The summed E-state index contributed by atoms with van der Waals surface area (Å²) in [7, 11) is 0. The number of hydrogen-bond donors (Lipinski definition) is 2. The Morgan fingerprint density at radius 3 is 1.20 bits per heavy atom. The molecule has 0 unspecified atom stereocenters. The van der Waals surface area contributed by atoms with E-state index in [1.54, 1.807) is 0 Å². The van der Waals surface area contributed by atoms with E-state index < -0.39 is 11.9 Å². The molecule has 5 rings (SSSR count). The van der Waals surface area contributed by atoms with Gasteiger partial charge in [0.15, 0.2) is 0 Å². The summed E-state index contributed by atoms with van der Waals surface area (Å²) in [4.78, 5) is 24.8. The molecule has 6 heteroatoms. The monoisotopic (exact) mass is 622 g/mol. The van der Waals surface area contributed by atoms with Gasteiger partial charge < -0.3 is 19.7 Å². The van der Waals surface area contributed by atoms with Crippen molar-refractivity contribution in [2.45, 2.75) is 64.2 Å². The third-order valence-corrected chi connectivity index (χ3v) is 10.0. The summed E-state index contributed by atoms with van der Waals surface area (Å²) in [5, 5.41) is 20.3. The van der Waals surface area contributed by atoms with Crippen LogP contribution in [0.25, 0.3) is 12.2 Å². The quantitative estimate of drug-likeness (QED) is 0.186. The van der Waals surface area contributed by atoms with Gasteiger partial charge in [0.2, 0.25) is 0 Å². The lowest BCUT2D eigenvalue weighted by atomic mass is 9.75. The maximum atomic E-state index is 12.4. The van der Waals surface area contributed by atoms with Gasteiger partial charge in [-0.25, -0.2) is 9.59 Å². The highest BCUT2D eigenvalue weighted by Crippen LogP contribution is 2.37. The average molecular weight is 623 g/mol. The minimum absolute atomic E-state index is 0.248. The minimum Gasteiger partial charge on any atom is -0.493 e. The number of rotatable bonds is 14. The molecular formula is C40H46O6. The fraction of sp³-hybridized carbons (Fsp3) is 0.400. The van der Waals surface area contributed by atoms with Crippen molar-refractivity contribution in [2.24, 2.45) is 23.7 Å². The highest BCUT2D eigenvalue weighted by Gasteiger charge is 2.29. The van der Waals surface area contributed by atoms with E-state index in [4.69, 9.17) is 9.47 Å². The lowest BCUT2D eigenvalue weighted by Gasteiger charge is -2.31. The Hall–Kier alpha value is -4.32. The summed E-state index contributed by atoms with van der Waals surface area (Å²) in [6, 6.07) is 18.8. The number of carboxylic acids is 2. The molecular weight excluding hydrogens is 576 g/mol. The predicted molar refractivity (Wildman–Crippen MR) is 183 cm³/mol. The fourth-order valence-corrected chi connectivity index (χ4v) is 7.17. The van der Waals surface area contributed by atoms with E-state index in [1.165, 1.54) is 12.1 Å². The second kappa shape index (κ2) is 15.8. The molecule has 2 N–H and O–H groups in total. The van der Waals surface area contributed by atoms with Gasteiger partial charge >= 0.3 is 11.9 Å². The third kappa shape index (κ3) is 8.68. The van der Waals surface area contributed by atoms with Crippen LogP contribution in [0.15, 0.2) is 73.8 Å². The van der Waals surface area contributed by atoms with Crippen LogP contribution < -0.4 is 9.47 Å². The van der Waals surface area contributed by atoms with Gasteiger partial charge in [0.05, 0.1) is 24.3 Å². The van der Waals surface area contributed by atoms with Gasteiger partial charge in [-0.3, -0.25) is 0 Å². The van der Waals surface area contributed by atoms with E-state index in [2.05, 4.69) is 13.2 Å². The Labute approximate surface area is 272 Å². The van der Waals surface area contributed by atoms with Gasteiger partial charge in [-0.15, -0.1) is 0 Å². The summed E-state index contributed by atoms with van der Waals surface area (Å²) in [5.74, 6) is 1.27. The summed E-state index contributed by atoms with van der Waals surface area (Å²) in [6.07, 6.45) is 12.8. The van der Waals surface area contributed by atoms with Crippen molar-refractivity contribution in [3.05, 3.63) is 107 Å². The fourth-order valence-electron chi connectivity index (χ4n) is 7.17. The van der Waals surface area contributed by atoms with Crippen LogP contribution in [0, 0.1) is 23.7 Å². The second-order valence-electron chi connectivity index (χ2n) is 13.1. The van der Waals surface area contributed by atoms with E-state index >= 15 is 0 Å². The largest absolute Gasteiger partial charge is 0.493 e. The zero-order valence-corrected chi connectivity index (χ0v) is 26.7. The lowest BCUT2D eigenvalue weighted by molar-refractivity contribution is 0.0678. The molecule has 2 saturated carbocycles. The molecule has 0 bridgehead atoms. The maximum absolute atomic E-state index is 12.4. The van der Waals surface area contributed by atoms with Gasteiger partial charge in [-0.2, -0.15) is 0 Å². The van der Waals surface area contributed by atoms with Gasteiger partial charge in [0, 0.05) is 0 Å². The SMILES string of the molecule is C=Cc1ccc(OCC2CCC(Cc3c(C(=O)O)ccc(C(=O)O)c3CC3CCC(COc4ccc(C=C)cc4)CC3)CC2)cc1. The minimum atomic E-state index is -0.986. The van der Waals surface area contributed by atoms with Crippen LogP contribution >= 0.6 is 0 Å². The molecule has 0 saturated heterocycles. The molecule has 0 radical (unpaired) electrons. The molecule has 0 aliphatic heterocycles. The van der Waals surface area contributed by atoms with Crippen LogP contribution in [-0.2, 0) is 12.8 Å². The van der Waals surface area contributed by atoms with Crippen LogP contribution in [0.1, 0.15) is 94.3 Å². The third-order valence-electron chi connectivity index (χ3n) is 10.0. The van der Waals surface area contributed by atoms with Crippen LogP contribution in [0.3, 0.4) is 0 Å². The van der Waals surface area contributed by atoms with Gasteiger partial charge in [-0.05, 0) is 147 Å². The van der Waals surface area contributed by atoms with E-state index in [0.717, 1.165) is 85.1 Å². The standard InChI is InChI=1S/C40H46O6/c1-3-27-13-17-33(18-14-27)45-25-31-9-5-29(6-10-31)23-37-35(39(41)42)21-22-36(40(43)44)38(37)24-30-7-11-32(12-8-30)26-46-34-19-15-28(4-2)16-20-34/h3-4,13-22,29-32H,1-2,5-12,23-26H2,(H,41,42)(H,43,44). The molecule has 0 spiro atoms. The van der Waals surface area contributed by atoms with E-state index in [0.29, 0.717) is 49.7 Å². The zero-order valence-electron chi connectivity index (χ0n) is 26.7. The summed E-state index contributed by atoms with van der Waals surface area (Å²) in [5.41, 5.74) is 4.06.